The summed E-state index contributed by atoms with van der Waals surface area (Å²) in [6, 6.07) is 0. The van der Waals surface area contributed by atoms with Crippen LogP contribution in [0.2, 0.25) is 0 Å². The quantitative estimate of drug-likeness (QED) is 0.556. The summed E-state index contributed by atoms with van der Waals surface area (Å²) >= 11 is 0. The molecule has 0 aromatic rings. The van der Waals surface area contributed by atoms with Gasteiger partial charge in [-0.05, 0) is 29.4 Å². The summed E-state index contributed by atoms with van der Waals surface area (Å²) in [6.45, 7) is 13.6. The summed E-state index contributed by atoms with van der Waals surface area (Å²) in [6.07, 6.45) is 6.57. The van der Waals surface area contributed by atoms with Crippen molar-refractivity contribution in [2.75, 3.05) is 0 Å². The van der Waals surface area contributed by atoms with E-state index in [1.54, 1.807) is 0 Å². The molecule has 0 heteroatoms. The molecule has 76 valence electrons. The number of rotatable bonds is 4. The monoisotopic (exact) mass is 180 g/mol. The summed E-state index contributed by atoms with van der Waals surface area (Å²) in [5, 5.41) is 0. The van der Waals surface area contributed by atoms with Crippen LogP contribution < -0.4 is 0 Å². The van der Waals surface area contributed by atoms with Gasteiger partial charge in [0.05, 0.1) is 0 Å². The topological polar surface area (TPSA) is 0 Å². The van der Waals surface area contributed by atoms with Crippen LogP contribution in [-0.4, -0.2) is 0 Å². The molecule has 0 bridgehead atoms. The average Bonchev–Trinajstić information content (AvgIpc) is 2.04. The van der Waals surface area contributed by atoms with Gasteiger partial charge < -0.3 is 0 Å². The number of hydrogen-bond acceptors (Lipinski definition) is 0. The minimum absolute atomic E-state index is 0.230. The third kappa shape index (κ3) is 3.40. The van der Waals surface area contributed by atoms with E-state index in [1.807, 2.05) is 0 Å². The maximum atomic E-state index is 3.27. The Morgan fingerprint density at radius 2 is 1.62 bits per heavy atom. The summed E-state index contributed by atoms with van der Waals surface area (Å²) < 4.78 is 0. The third-order valence-corrected chi connectivity index (χ3v) is 3.39. The van der Waals surface area contributed by atoms with Gasteiger partial charge in [0.2, 0.25) is 0 Å². The van der Waals surface area contributed by atoms with Crippen molar-refractivity contribution in [1.82, 2.24) is 0 Å². The largest absolute Gasteiger partial charge is 0.129 e. The van der Waals surface area contributed by atoms with E-state index in [4.69, 9.17) is 0 Å². The number of allylic oxidation sites excluding steroid dienone is 1. The van der Waals surface area contributed by atoms with E-state index in [0.29, 0.717) is 5.41 Å². The van der Waals surface area contributed by atoms with Crippen molar-refractivity contribution in [3.63, 3.8) is 0 Å². The molecule has 0 fully saturated rings. The van der Waals surface area contributed by atoms with Gasteiger partial charge in [-0.1, -0.05) is 48.0 Å². The van der Waals surface area contributed by atoms with Gasteiger partial charge in [0.15, 0.2) is 0 Å². The van der Waals surface area contributed by atoms with Crippen LogP contribution in [-0.2, 0) is 0 Å². The zero-order valence-electron chi connectivity index (χ0n) is 10.1. The fraction of sp³-hybridized carbons (Fsp3) is 0.769. The standard InChI is InChI=1S/C13H24/c1-7-9-10-11-13(5,6)12(3,4)8-2/h9,11H,7-8H2,1-6H3. The Balaban J connectivity index is 4.66. The molecule has 0 aliphatic rings. The smallest absolute Gasteiger partial charge is 0.00481 e. The van der Waals surface area contributed by atoms with Crippen LogP contribution >= 0.6 is 0 Å². The molecule has 0 saturated heterocycles. The minimum atomic E-state index is 0.230. The average molecular weight is 180 g/mol. The molecule has 0 aromatic carbocycles. The van der Waals surface area contributed by atoms with Crippen molar-refractivity contribution in [1.29, 1.82) is 0 Å². The van der Waals surface area contributed by atoms with Crippen molar-refractivity contribution < 1.29 is 0 Å². The maximum Gasteiger partial charge on any atom is -0.00481 e. The van der Waals surface area contributed by atoms with Crippen LogP contribution in [0, 0.1) is 10.8 Å². The molecule has 0 saturated carbocycles. The van der Waals surface area contributed by atoms with Crippen molar-refractivity contribution in [3.05, 3.63) is 17.9 Å². The zero-order chi connectivity index (χ0) is 10.5. The van der Waals surface area contributed by atoms with Crippen LogP contribution in [0.15, 0.2) is 17.9 Å². The summed E-state index contributed by atoms with van der Waals surface area (Å²) in [4.78, 5) is 0. The van der Waals surface area contributed by atoms with Gasteiger partial charge in [-0.15, -0.1) is 5.73 Å². The van der Waals surface area contributed by atoms with Gasteiger partial charge in [-0.25, -0.2) is 0 Å². The van der Waals surface area contributed by atoms with Crippen LogP contribution in [0.5, 0.6) is 0 Å². The normalized spacial score (nSPS) is 12.2. The van der Waals surface area contributed by atoms with Gasteiger partial charge in [0.25, 0.3) is 0 Å². The Kier molecular flexibility index (Phi) is 4.50. The fourth-order valence-corrected chi connectivity index (χ4v) is 1.04. The second-order valence-electron chi connectivity index (χ2n) is 4.88. The lowest BCUT2D eigenvalue weighted by Gasteiger charge is -2.38. The SMILES string of the molecule is CCC=C=CC(C)(C)C(C)(C)CC. The molecule has 0 amide bonds. The zero-order valence-corrected chi connectivity index (χ0v) is 10.1. The van der Waals surface area contributed by atoms with E-state index in [-0.39, 0.29) is 5.41 Å². The molecule has 0 rings (SSSR count). The lowest BCUT2D eigenvalue weighted by atomic mass is 9.66. The van der Waals surface area contributed by atoms with Crippen molar-refractivity contribution in [2.24, 2.45) is 10.8 Å². The van der Waals surface area contributed by atoms with E-state index in [2.05, 4.69) is 59.4 Å². The minimum Gasteiger partial charge on any atom is -0.129 e. The first-order valence-corrected chi connectivity index (χ1v) is 5.29. The van der Waals surface area contributed by atoms with Crippen LogP contribution in [0.25, 0.3) is 0 Å². The Morgan fingerprint density at radius 3 is 2.00 bits per heavy atom. The van der Waals surface area contributed by atoms with Crippen molar-refractivity contribution in [3.8, 4) is 0 Å². The molecular weight excluding hydrogens is 156 g/mol. The maximum absolute atomic E-state index is 3.27. The van der Waals surface area contributed by atoms with Crippen LogP contribution in [0.3, 0.4) is 0 Å². The molecule has 0 heterocycles. The van der Waals surface area contributed by atoms with E-state index >= 15 is 0 Å². The second-order valence-corrected chi connectivity index (χ2v) is 4.88. The van der Waals surface area contributed by atoms with E-state index in [9.17, 15) is 0 Å². The molecule has 0 aromatic heterocycles. The molecule has 0 atom stereocenters. The first-order chi connectivity index (χ1) is 5.87. The van der Waals surface area contributed by atoms with Gasteiger partial charge in [0.1, 0.15) is 0 Å². The van der Waals surface area contributed by atoms with Gasteiger partial charge >= 0.3 is 0 Å². The first kappa shape index (κ1) is 12.5. The fourth-order valence-electron chi connectivity index (χ4n) is 1.04. The summed E-state index contributed by atoms with van der Waals surface area (Å²) in [5.74, 6) is 0. The predicted octanol–water partition coefficient (Wildman–Crippen LogP) is 4.57. The van der Waals surface area contributed by atoms with E-state index < -0.39 is 0 Å². The lowest BCUT2D eigenvalue weighted by molar-refractivity contribution is 0.159. The lowest BCUT2D eigenvalue weighted by Crippen LogP contribution is -2.29. The van der Waals surface area contributed by atoms with Gasteiger partial charge in [0, 0.05) is 0 Å². The van der Waals surface area contributed by atoms with E-state index in [1.165, 1.54) is 6.42 Å². The molecule has 13 heavy (non-hydrogen) atoms. The van der Waals surface area contributed by atoms with Gasteiger partial charge in [-0.3, -0.25) is 0 Å². The molecule has 0 aliphatic carbocycles. The number of hydrogen-bond donors (Lipinski definition) is 0. The predicted molar refractivity (Wildman–Crippen MR) is 60.8 cm³/mol. The molecule has 0 radical (unpaired) electrons. The van der Waals surface area contributed by atoms with Crippen molar-refractivity contribution in [2.45, 2.75) is 54.4 Å². The molecule has 0 unspecified atom stereocenters. The Bertz CT molecular complexity index is 200. The molecule has 0 aliphatic heterocycles. The Labute approximate surface area is 83.7 Å². The summed E-state index contributed by atoms with van der Waals surface area (Å²) in [7, 11) is 0. The first-order valence-electron chi connectivity index (χ1n) is 5.29. The summed E-state index contributed by atoms with van der Waals surface area (Å²) in [5.41, 5.74) is 3.84. The Morgan fingerprint density at radius 1 is 1.08 bits per heavy atom. The van der Waals surface area contributed by atoms with Crippen LogP contribution in [0.4, 0.5) is 0 Å². The highest BCUT2D eigenvalue weighted by molar-refractivity contribution is 5.01. The molecule has 0 N–H and O–H groups in total. The highest BCUT2D eigenvalue weighted by Crippen LogP contribution is 2.41. The van der Waals surface area contributed by atoms with Crippen molar-refractivity contribution >= 4 is 0 Å². The van der Waals surface area contributed by atoms with Crippen LogP contribution in [0.1, 0.15) is 54.4 Å². The second kappa shape index (κ2) is 4.67. The molecule has 0 nitrogen and oxygen atoms in total. The third-order valence-electron chi connectivity index (χ3n) is 3.39. The molecule has 0 spiro atoms. The Hall–Kier alpha value is -0.480. The van der Waals surface area contributed by atoms with Gasteiger partial charge in [-0.2, -0.15) is 0 Å². The van der Waals surface area contributed by atoms with E-state index in [0.717, 1.165) is 6.42 Å². The highest BCUT2D eigenvalue weighted by atomic mass is 14.4. The highest BCUT2D eigenvalue weighted by Gasteiger charge is 2.32. The molecular formula is C13H24.